The van der Waals surface area contributed by atoms with Gasteiger partial charge in [-0.3, -0.25) is 4.79 Å². The number of hydrogen-bond acceptors (Lipinski definition) is 3. The molecule has 1 atom stereocenters. The molecule has 0 aliphatic rings. The van der Waals surface area contributed by atoms with Gasteiger partial charge in [-0.25, -0.2) is 0 Å². The molecule has 0 aliphatic heterocycles. The lowest BCUT2D eigenvalue weighted by atomic mass is 9.85. The summed E-state index contributed by atoms with van der Waals surface area (Å²) in [5.74, 6) is 0.426. The Kier molecular flexibility index (Phi) is 4.43. The van der Waals surface area contributed by atoms with E-state index in [1.54, 1.807) is 19.1 Å². The van der Waals surface area contributed by atoms with Gasteiger partial charge in [-0.2, -0.15) is 0 Å². The van der Waals surface area contributed by atoms with E-state index in [2.05, 4.69) is 0 Å². The molecule has 3 nitrogen and oxygen atoms in total. The molecule has 0 heterocycles. The minimum atomic E-state index is -1.09. The maximum absolute atomic E-state index is 12.9. The van der Waals surface area contributed by atoms with Crippen LogP contribution in [0.5, 0.6) is 5.75 Å². The largest absolute Gasteiger partial charge is 0.490 e. The van der Waals surface area contributed by atoms with E-state index in [0.29, 0.717) is 11.3 Å². The van der Waals surface area contributed by atoms with Crippen LogP contribution in [0.15, 0.2) is 54.6 Å². The Hall–Kier alpha value is -2.13. The Bertz CT molecular complexity index is 618. The van der Waals surface area contributed by atoms with Crippen molar-refractivity contribution in [2.45, 2.75) is 32.4 Å². The molecule has 2 N–H and O–H groups in total. The highest BCUT2D eigenvalue weighted by atomic mass is 16.5. The lowest BCUT2D eigenvalue weighted by molar-refractivity contribution is 0.0894. The first-order chi connectivity index (χ1) is 9.93. The summed E-state index contributed by atoms with van der Waals surface area (Å²) in [6.07, 6.45) is -0.000272. The predicted molar refractivity (Wildman–Crippen MR) is 84.5 cm³/mol. The number of nitrogens with two attached hydrogens (primary N) is 1. The van der Waals surface area contributed by atoms with Crippen LogP contribution in [0, 0.1) is 0 Å². The second kappa shape index (κ2) is 6.10. The van der Waals surface area contributed by atoms with Crippen LogP contribution in [0.3, 0.4) is 0 Å². The fourth-order valence-electron chi connectivity index (χ4n) is 2.21. The van der Waals surface area contributed by atoms with E-state index in [1.807, 2.05) is 56.3 Å². The summed E-state index contributed by atoms with van der Waals surface area (Å²) >= 11 is 0. The van der Waals surface area contributed by atoms with Gasteiger partial charge in [0.25, 0.3) is 0 Å². The zero-order valence-electron chi connectivity index (χ0n) is 12.7. The molecule has 21 heavy (non-hydrogen) atoms. The molecule has 0 fully saturated rings. The van der Waals surface area contributed by atoms with Gasteiger partial charge in [-0.05, 0) is 38.5 Å². The van der Waals surface area contributed by atoms with Crippen molar-refractivity contribution in [3.63, 3.8) is 0 Å². The van der Waals surface area contributed by atoms with E-state index >= 15 is 0 Å². The van der Waals surface area contributed by atoms with Crippen molar-refractivity contribution in [3.05, 3.63) is 65.7 Å². The second-order valence-corrected chi connectivity index (χ2v) is 5.56. The first kappa shape index (κ1) is 15.3. The summed E-state index contributed by atoms with van der Waals surface area (Å²) in [4.78, 5) is 12.9. The molecule has 0 spiro atoms. The summed E-state index contributed by atoms with van der Waals surface area (Å²) in [7, 11) is 0. The number of carbonyl (C=O) groups excluding carboxylic acids is 1. The Morgan fingerprint density at radius 1 is 1.05 bits per heavy atom. The van der Waals surface area contributed by atoms with Crippen molar-refractivity contribution in [1.82, 2.24) is 0 Å². The highest BCUT2D eigenvalue weighted by Crippen LogP contribution is 2.28. The highest BCUT2D eigenvalue weighted by Gasteiger charge is 2.33. The maximum Gasteiger partial charge on any atom is 0.190 e. The first-order valence-electron chi connectivity index (χ1n) is 7.08. The van der Waals surface area contributed by atoms with E-state index in [-0.39, 0.29) is 11.9 Å². The number of rotatable bonds is 5. The molecule has 0 saturated heterocycles. The van der Waals surface area contributed by atoms with Gasteiger partial charge in [0.05, 0.1) is 11.7 Å². The molecule has 0 aromatic heterocycles. The SMILES string of the molecule is CC(C)Oc1ccccc1C(=O)C(C)(N)c1ccccc1. The average molecular weight is 283 g/mol. The predicted octanol–water partition coefficient (Wildman–Crippen LogP) is 3.53. The van der Waals surface area contributed by atoms with E-state index < -0.39 is 5.54 Å². The smallest absolute Gasteiger partial charge is 0.190 e. The van der Waals surface area contributed by atoms with E-state index in [1.165, 1.54) is 0 Å². The average Bonchev–Trinajstić information content (AvgIpc) is 2.47. The van der Waals surface area contributed by atoms with Crippen LogP contribution >= 0.6 is 0 Å². The molecule has 1 unspecified atom stereocenters. The molecule has 2 aromatic carbocycles. The van der Waals surface area contributed by atoms with E-state index in [4.69, 9.17) is 10.5 Å². The quantitative estimate of drug-likeness (QED) is 0.854. The normalized spacial score (nSPS) is 13.8. The number of Topliss-reactive ketones (excluding diaryl/α,β-unsaturated/α-hetero) is 1. The zero-order valence-corrected chi connectivity index (χ0v) is 12.7. The maximum atomic E-state index is 12.9. The van der Waals surface area contributed by atoms with Crippen LogP contribution in [0.4, 0.5) is 0 Å². The molecule has 2 rings (SSSR count). The van der Waals surface area contributed by atoms with Crippen molar-refractivity contribution in [2.24, 2.45) is 5.73 Å². The number of hydrogen-bond donors (Lipinski definition) is 1. The van der Waals surface area contributed by atoms with Crippen molar-refractivity contribution in [1.29, 1.82) is 0 Å². The Morgan fingerprint density at radius 3 is 2.24 bits per heavy atom. The minimum absolute atomic E-state index is 0.000272. The van der Waals surface area contributed by atoms with Gasteiger partial charge < -0.3 is 10.5 Å². The topological polar surface area (TPSA) is 52.3 Å². The fraction of sp³-hybridized carbons (Fsp3) is 0.278. The zero-order chi connectivity index (χ0) is 15.5. The lowest BCUT2D eigenvalue weighted by Gasteiger charge is -2.25. The summed E-state index contributed by atoms with van der Waals surface area (Å²) < 4.78 is 5.72. The Balaban J connectivity index is 2.40. The van der Waals surface area contributed by atoms with E-state index in [0.717, 1.165) is 5.56 Å². The summed E-state index contributed by atoms with van der Waals surface area (Å²) in [5, 5.41) is 0. The molecule has 2 aromatic rings. The fourth-order valence-corrected chi connectivity index (χ4v) is 2.21. The van der Waals surface area contributed by atoms with Crippen molar-refractivity contribution >= 4 is 5.78 Å². The van der Waals surface area contributed by atoms with Crippen LogP contribution in [0.2, 0.25) is 0 Å². The Morgan fingerprint density at radius 2 is 1.62 bits per heavy atom. The van der Waals surface area contributed by atoms with Crippen molar-refractivity contribution < 1.29 is 9.53 Å². The molecule has 110 valence electrons. The van der Waals surface area contributed by atoms with Gasteiger partial charge in [0.1, 0.15) is 11.3 Å². The molecular weight excluding hydrogens is 262 g/mol. The molecular formula is C18H21NO2. The van der Waals surface area contributed by atoms with Gasteiger partial charge in [0, 0.05) is 0 Å². The number of ether oxygens (including phenoxy) is 1. The lowest BCUT2D eigenvalue weighted by Crippen LogP contribution is -2.42. The number of benzene rings is 2. The molecule has 0 amide bonds. The highest BCUT2D eigenvalue weighted by molar-refractivity contribution is 6.05. The number of carbonyl (C=O) groups is 1. The van der Waals surface area contributed by atoms with Crippen molar-refractivity contribution in [3.8, 4) is 5.75 Å². The van der Waals surface area contributed by atoms with Crippen LogP contribution < -0.4 is 10.5 Å². The molecule has 0 saturated carbocycles. The van der Waals surface area contributed by atoms with E-state index in [9.17, 15) is 4.79 Å². The first-order valence-corrected chi connectivity index (χ1v) is 7.08. The standard InChI is InChI=1S/C18H21NO2/c1-13(2)21-16-12-8-7-11-15(16)17(20)18(3,19)14-9-5-4-6-10-14/h4-13H,19H2,1-3H3. The third-order valence-electron chi connectivity index (χ3n) is 3.34. The second-order valence-electron chi connectivity index (χ2n) is 5.56. The molecule has 0 radical (unpaired) electrons. The summed E-state index contributed by atoms with van der Waals surface area (Å²) in [6.45, 7) is 5.59. The van der Waals surface area contributed by atoms with Gasteiger partial charge in [0.15, 0.2) is 5.78 Å². The van der Waals surface area contributed by atoms with Crippen molar-refractivity contribution in [2.75, 3.05) is 0 Å². The van der Waals surface area contributed by atoms with Crippen LogP contribution in [0.1, 0.15) is 36.7 Å². The molecule has 3 heteroatoms. The molecule has 0 bridgehead atoms. The Labute approximate surface area is 125 Å². The number of para-hydroxylation sites is 1. The van der Waals surface area contributed by atoms with Gasteiger partial charge in [0.2, 0.25) is 0 Å². The molecule has 0 aliphatic carbocycles. The summed E-state index contributed by atoms with van der Waals surface area (Å²) in [5.41, 5.74) is 6.52. The number of ketones is 1. The summed E-state index contributed by atoms with van der Waals surface area (Å²) in [6, 6.07) is 16.6. The van der Waals surface area contributed by atoms with Gasteiger partial charge in [-0.1, -0.05) is 42.5 Å². The third kappa shape index (κ3) is 3.31. The van der Waals surface area contributed by atoms with Crippen LogP contribution in [-0.4, -0.2) is 11.9 Å². The van der Waals surface area contributed by atoms with Gasteiger partial charge in [-0.15, -0.1) is 0 Å². The minimum Gasteiger partial charge on any atom is -0.490 e. The van der Waals surface area contributed by atoms with Crippen LogP contribution in [0.25, 0.3) is 0 Å². The monoisotopic (exact) mass is 283 g/mol. The third-order valence-corrected chi connectivity index (χ3v) is 3.34. The van der Waals surface area contributed by atoms with Crippen LogP contribution in [-0.2, 0) is 5.54 Å². The van der Waals surface area contributed by atoms with Gasteiger partial charge >= 0.3 is 0 Å².